The van der Waals surface area contributed by atoms with Gasteiger partial charge in [0.15, 0.2) is 0 Å². The quantitative estimate of drug-likeness (QED) is 0.375. The topological polar surface area (TPSA) is 95.9 Å². The maximum Gasteiger partial charge on any atom is 0.264 e. The number of hydrogen-bond donors (Lipinski definition) is 2. The first-order valence-corrected chi connectivity index (χ1v) is 18.2. The van der Waals surface area contributed by atoms with E-state index in [4.69, 9.17) is 16.3 Å². The van der Waals surface area contributed by atoms with Crippen LogP contribution in [0.5, 0.6) is 5.75 Å². The Morgan fingerprint density at radius 1 is 1.18 bits per heavy atom. The number of benzene rings is 2. The Morgan fingerprint density at radius 2 is 2.02 bits per heavy atom. The van der Waals surface area contributed by atoms with Crippen molar-refractivity contribution >= 4 is 33.2 Å². The molecular weight excluding hydrogens is 596 g/mol. The van der Waals surface area contributed by atoms with Gasteiger partial charge in [0.25, 0.3) is 5.91 Å². The minimum Gasteiger partial charge on any atom is -0.490 e. The first-order chi connectivity index (χ1) is 21.1. The monoisotopic (exact) mass is 640 g/mol. The van der Waals surface area contributed by atoms with Crippen LogP contribution >= 0.6 is 11.6 Å². The molecule has 2 aromatic rings. The summed E-state index contributed by atoms with van der Waals surface area (Å²) in [5, 5.41) is 10.5. The lowest BCUT2D eigenvalue weighted by Crippen LogP contribution is -2.48. The van der Waals surface area contributed by atoms with Crippen LogP contribution in [0.4, 0.5) is 5.69 Å². The van der Waals surface area contributed by atoms with E-state index in [0.29, 0.717) is 36.7 Å². The number of aliphatic hydroxyl groups is 1. The number of carbonyl (C=O) groups is 1. The molecule has 1 fully saturated rings. The number of unbranched alkanes of at least 4 members (excludes halogenated alkanes) is 1. The van der Waals surface area contributed by atoms with Crippen LogP contribution in [-0.4, -0.2) is 51.0 Å². The molecule has 5 atom stereocenters. The summed E-state index contributed by atoms with van der Waals surface area (Å²) >= 11 is 6.41. The number of halogens is 1. The number of ether oxygens (including phenoxy) is 1. The zero-order chi connectivity index (χ0) is 31.1. The zero-order valence-corrected chi connectivity index (χ0v) is 27.4. The van der Waals surface area contributed by atoms with Crippen LogP contribution in [0.1, 0.15) is 86.7 Å². The van der Waals surface area contributed by atoms with Gasteiger partial charge >= 0.3 is 0 Å². The summed E-state index contributed by atoms with van der Waals surface area (Å²) in [7, 11) is -3.95. The second kappa shape index (κ2) is 12.7. The van der Waals surface area contributed by atoms with E-state index in [1.807, 2.05) is 32.0 Å². The molecule has 44 heavy (non-hydrogen) atoms. The molecule has 0 radical (unpaired) electrons. The molecule has 2 N–H and O–H groups in total. The van der Waals surface area contributed by atoms with E-state index in [0.717, 1.165) is 74.3 Å². The summed E-state index contributed by atoms with van der Waals surface area (Å²) in [6.07, 6.45) is 9.78. The second-order valence-electron chi connectivity index (χ2n) is 13.5. The molecule has 0 saturated heterocycles. The summed E-state index contributed by atoms with van der Waals surface area (Å²) in [5.74, 6) is 0.468. The van der Waals surface area contributed by atoms with Crippen molar-refractivity contribution in [2.45, 2.75) is 82.3 Å². The molecule has 6 rings (SSSR count). The van der Waals surface area contributed by atoms with E-state index >= 15 is 0 Å². The molecule has 2 aromatic carbocycles. The third-order valence-corrected chi connectivity index (χ3v) is 12.9. The summed E-state index contributed by atoms with van der Waals surface area (Å²) in [6.45, 7) is 5.95. The Bertz CT molecular complexity index is 1540. The van der Waals surface area contributed by atoms with Gasteiger partial charge in [-0.25, -0.2) is 13.1 Å². The summed E-state index contributed by atoms with van der Waals surface area (Å²) in [4.78, 5) is 15.9. The minimum atomic E-state index is -3.95. The lowest BCUT2D eigenvalue weighted by Gasteiger charge is -2.45. The standard InChI is InChI=1S/C35H45ClN2O5S/c1-3-4-7-33-23(2)8-9-27(20-39)29-13-10-26(29)19-38-21-35(16-5-6-24-17-28(36)12-14-30(24)35)22-43-32-15-11-25(18-31(32)38)34(40)37-44(33,41)42/h9,11-12,14-15,17-18,23,26,29,33,39H,3-8,10,13,16,19-22H2,1-2H3,(H,37,40)/b27-9-/t23-,26+,29-,33+,35+/m1/s1. The molecule has 9 heteroatoms. The second-order valence-corrected chi connectivity index (χ2v) is 15.9. The number of carbonyl (C=O) groups excluding carboxylic acids is 1. The Morgan fingerprint density at radius 3 is 2.77 bits per heavy atom. The van der Waals surface area contributed by atoms with Crippen molar-refractivity contribution in [3.8, 4) is 5.75 Å². The van der Waals surface area contributed by atoms with E-state index in [1.54, 1.807) is 6.07 Å². The van der Waals surface area contributed by atoms with Gasteiger partial charge in [-0.1, -0.05) is 50.4 Å². The molecule has 2 aliphatic carbocycles. The molecule has 2 bridgehead atoms. The number of sulfonamides is 1. The van der Waals surface area contributed by atoms with Crippen molar-refractivity contribution in [1.82, 2.24) is 4.72 Å². The van der Waals surface area contributed by atoms with E-state index in [1.165, 1.54) is 11.1 Å². The fourth-order valence-electron chi connectivity index (χ4n) is 8.05. The molecule has 0 aromatic heterocycles. The van der Waals surface area contributed by atoms with Gasteiger partial charge in [0, 0.05) is 29.1 Å². The highest BCUT2D eigenvalue weighted by molar-refractivity contribution is 7.90. The maximum absolute atomic E-state index is 13.7. The maximum atomic E-state index is 13.7. The van der Waals surface area contributed by atoms with Gasteiger partial charge in [-0.2, -0.15) is 0 Å². The van der Waals surface area contributed by atoms with Gasteiger partial charge in [-0.15, -0.1) is 0 Å². The largest absolute Gasteiger partial charge is 0.490 e. The van der Waals surface area contributed by atoms with E-state index in [9.17, 15) is 18.3 Å². The molecule has 1 amide bonds. The van der Waals surface area contributed by atoms with Gasteiger partial charge < -0.3 is 14.7 Å². The van der Waals surface area contributed by atoms with Crippen molar-refractivity contribution in [3.05, 3.63) is 69.8 Å². The molecule has 2 heterocycles. The van der Waals surface area contributed by atoms with Gasteiger partial charge in [0.1, 0.15) is 5.75 Å². The zero-order valence-electron chi connectivity index (χ0n) is 25.9. The lowest BCUT2D eigenvalue weighted by atomic mass is 9.68. The molecule has 4 aliphatic rings. The number of fused-ring (bicyclic) bond motifs is 4. The van der Waals surface area contributed by atoms with Crippen LogP contribution in [0.3, 0.4) is 0 Å². The SMILES string of the molecule is CCCC[C@H]1[C@H](C)C/C=C(/CO)[C@@H]2CC[C@H]2CN2C[C@@]3(CCCc4cc(Cl)ccc43)COc3ccc(cc32)C(=O)NS1(=O)=O. The van der Waals surface area contributed by atoms with Crippen LogP contribution in [0.2, 0.25) is 5.02 Å². The average Bonchev–Trinajstić information content (AvgIpc) is 3.13. The summed E-state index contributed by atoms with van der Waals surface area (Å²) in [5.41, 5.74) is 4.42. The Balaban J connectivity index is 1.43. The number of nitrogens with one attached hydrogen (secondary N) is 1. The average molecular weight is 641 g/mol. The van der Waals surface area contributed by atoms with Crippen molar-refractivity contribution in [2.75, 3.05) is 31.2 Å². The smallest absolute Gasteiger partial charge is 0.264 e. The summed E-state index contributed by atoms with van der Waals surface area (Å²) in [6, 6.07) is 11.5. The van der Waals surface area contributed by atoms with Gasteiger partial charge in [-0.3, -0.25) is 4.79 Å². The first kappa shape index (κ1) is 31.4. The molecule has 1 spiro atoms. The number of nitrogens with zero attached hydrogens (tertiary/aromatic N) is 1. The van der Waals surface area contributed by atoms with Crippen molar-refractivity contribution in [3.63, 3.8) is 0 Å². The van der Waals surface area contributed by atoms with Crippen molar-refractivity contribution in [1.29, 1.82) is 0 Å². The Labute approximate surface area is 267 Å². The normalized spacial score (nSPS) is 31.0. The van der Waals surface area contributed by atoms with Crippen LogP contribution in [0.25, 0.3) is 0 Å². The minimum absolute atomic E-state index is 0.0289. The molecule has 2 aliphatic heterocycles. The fraction of sp³-hybridized carbons (Fsp3) is 0.571. The molecule has 7 nitrogen and oxygen atoms in total. The Hall–Kier alpha value is -2.55. The first-order valence-electron chi connectivity index (χ1n) is 16.3. The van der Waals surface area contributed by atoms with Gasteiger partial charge in [0.2, 0.25) is 10.0 Å². The highest BCUT2D eigenvalue weighted by atomic mass is 35.5. The number of amides is 1. The van der Waals surface area contributed by atoms with Crippen LogP contribution in [-0.2, 0) is 21.9 Å². The van der Waals surface area contributed by atoms with Gasteiger partial charge in [-0.05, 0) is 110 Å². The third-order valence-electron chi connectivity index (χ3n) is 10.7. The predicted octanol–water partition coefficient (Wildman–Crippen LogP) is 6.42. The van der Waals surface area contributed by atoms with Crippen LogP contribution in [0, 0.1) is 17.8 Å². The molecule has 238 valence electrons. The third kappa shape index (κ3) is 6.02. The van der Waals surface area contributed by atoms with Crippen molar-refractivity contribution < 1.29 is 23.1 Å². The lowest BCUT2D eigenvalue weighted by molar-refractivity contribution is 0.0980. The highest BCUT2D eigenvalue weighted by Crippen LogP contribution is 2.47. The van der Waals surface area contributed by atoms with E-state index in [-0.39, 0.29) is 23.9 Å². The number of aryl methyl sites for hydroxylation is 1. The predicted molar refractivity (Wildman–Crippen MR) is 175 cm³/mol. The van der Waals surface area contributed by atoms with Gasteiger partial charge in [0.05, 0.1) is 24.2 Å². The van der Waals surface area contributed by atoms with Crippen LogP contribution < -0.4 is 14.4 Å². The van der Waals surface area contributed by atoms with E-state index in [2.05, 4.69) is 27.8 Å². The molecule has 0 unspecified atom stereocenters. The fourth-order valence-corrected chi connectivity index (χ4v) is 9.97. The number of anilines is 1. The number of hydrogen-bond acceptors (Lipinski definition) is 6. The van der Waals surface area contributed by atoms with Crippen molar-refractivity contribution in [2.24, 2.45) is 17.8 Å². The van der Waals surface area contributed by atoms with Crippen LogP contribution in [0.15, 0.2) is 48.0 Å². The summed E-state index contributed by atoms with van der Waals surface area (Å²) < 4.78 is 36.4. The number of rotatable bonds is 4. The number of allylic oxidation sites excluding steroid dienone is 1. The molecular formula is C35H45ClN2O5S. The highest BCUT2D eigenvalue weighted by Gasteiger charge is 2.44. The molecule has 1 saturated carbocycles. The number of aliphatic hydroxyl groups excluding tert-OH is 1. The van der Waals surface area contributed by atoms with E-state index < -0.39 is 21.2 Å². The Kier molecular flexibility index (Phi) is 9.06.